The molecule has 3 aromatic rings. The van der Waals surface area contributed by atoms with Crippen LogP contribution in [0.1, 0.15) is 67.0 Å². The molecule has 2 amide bonds. The highest BCUT2D eigenvalue weighted by atomic mass is 19.1. The fraction of sp³-hybridized carbons (Fsp3) is 0.364. The summed E-state index contributed by atoms with van der Waals surface area (Å²) in [6, 6.07) is 12.3. The Bertz CT molecular complexity index is 1470. The van der Waals surface area contributed by atoms with Crippen LogP contribution in [-0.2, 0) is 24.2 Å². The topological polar surface area (TPSA) is 132 Å². The third kappa shape index (κ3) is 7.40. The first-order valence-electron chi connectivity index (χ1n) is 14.2. The number of pyridine rings is 1. The Hall–Kier alpha value is -4.08. The molecule has 42 heavy (non-hydrogen) atoms. The summed E-state index contributed by atoms with van der Waals surface area (Å²) in [4.78, 5) is 28.0. The van der Waals surface area contributed by atoms with E-state index in [2.05, 4.69) is 22.8 Å². The summed E-state index contributed by atoms with van der Waals surface area (Å²) in [5.41, 5.74) is 8.27. The molecule has 1 aliphatic carbocycles. The number of nitrogens with one attached hydrogen (secondary N) is 2. The molecule has 1 heterocycles. The third-order valence-corrected chi connectivity index (χ3v) is 7.44. The molecule has 2 atom stereocenters. The van der Waals surface area contributed by atoms with Gasteiger partial charge in [0.2, 0.25) is 0 Å². The molecule has 1 aliphatic rings. The first-order valence-corrected chi connectivity index (χ1v) is 14.2. The smallest absolute Gasteiger partial charge is 0.314 e. The lowest BCUT2D eigenvalue weighted by Gasteiger charge is -2.22. The maximum Gasteiger partial charge on any atom is 0.314 e. The summed E-state index contributed by atoms with van der Waals surface area (Å²) in [6.07, 6.45) is 2.96. The number of carboxylic acid groups (broad SMARTS) is 1. The van der Waals surface area contributed by atoms with Crippen molar-refractivity contribution in [2.45, 2.75) is 70.6 Å². The van der Waals surface area contributed by atoms with E-state index in [1.54, 1.807) is 31.3 Å². The van der Waals surface area contributed by atoms with Gasteiger partial charge in [-0.15, -0.1) is 0 Å². The van der Waals surface area contributed by atoms with Gasteiger partial charge in [-0.2, -0.15) is 0 Å². The van der Waals surface area contributed by atoms with E-state index in [4.69, 9.17) is 10.1 Å². The lowest BCUT2D eigenvalue weighted by atomic mass is 9.86. The molecule has 0 aliphatic heterocycles. The number of fused-ring (bicyclic) bond motifs is 3. The van der Waals surface area contributed by atoms with Crippen molar-refractivity contribution in [1.82, 2.24) is 15.6 Å². The number of aryl methyl sites for hydroxylation is 1. The number of aliphatic carboxylic acids is 1. The normalized spacial score (nSPS) is 14.2. The molecule has 0 saturated heterocycles. The van der Waals surface area contributed by atoms with Crippen LogP contribution >= 0.6 is 0 Å². The van der Waals surface area contributed by atoms with Crippen molar-refractivity contribution in [1.29, 1.82) is 0 Å². The van der Waals surface area contributed by atoms with Crippen LogP contribution in [0.15, 0.2) is 48.5 Å². The second kappa shape index (κ2) is 13.7. The average Bonchev–Trinajstić information content (AvgIpc) is 3.12. The van der Waals surface area contributed by atoms with Crippen LogP contribution in [0.5, 0.6) is 0 Å². The predicted octanol–water partition coefficient (Wildman–Crippen LogP) is 5.20. The van der Waals surface area contributed by atoms with Crippen molar-refractivity contribution in [3.63, 3.8) is 0 Å². The van der Waals surface area contributed by atoms with Crippen molar-refractivity contribution in [2.75, 3.05) is 7.05 Å². The maximum atomic E-state index is 14.0. The number of carboxylic acids is 1. The number of benzene rings is 2. The summed E-state index contributed by atoms with van der Waals surface area (Å²) < 4.78 is 14.0. The molecule has 4 rings (SSSR count). The zero-order valence-corrected chi connectivity index (χ0v) is 24.2. The van der Waals surface area contributed by atoms with E-state index in [0.717, 1.165) is 69.6 Å². The van der Waals surface area contributed by atoms with Crippen LogP contribution in [0.2, 0.25) is 0 Å². The Kier molecular flexibility index (Phi) is 10.1. The Morgan fingerprint density at radius 2 is 1.83 bits per heavy atom. The van der Waals surface area contributed by atoms with E-state index in [1.807, 2.05) is 19.9 Å². The number of nitrogens with zero attached hydrogens (tertiary/aromatic N) is 1. The molecule has 0 bridgehead atoms. The van der Waals surface area contributed by atoms with Gasteiger partial charge in [0.15, 0.2) is 0 Å². The van der Waals surface area contributed by atoms with Gasteiger partial charge in [0.25, 0.3) is 0 Å². The van der Waals surface area contributed by atoms with E-state index in [0.29, 0.717) is 6.54 Å². The molecule has 0 saturated carbocycles. The molecule has 222 valence electrons. The number of carbonyl (C=O) groups excluding carboxylic acids is 1. The summed E-state index contributed by atoms with van der Waals surface area (Å²) in [6.45, 7) is 4.43. The summed E-state index contributed by atoms with van der Waals surface area (Å²) in [7, 11) is 1.57. The summed E-state index contributed by atoms with van der Waals surface area (Å²) in [5, 5.41) is 35.0. The minimum Gasteiger partial charge on any atom is -0.481 e. The zero-order chi connectivity index (χ0) is 30.4. The van der Waals surface area contributed by atoms with E-state index in [9.17, 15) is 24.2 Å². The van der Waals surface area contributed by atoms with Gasteiger partial charge in [-0.05, 0) is 71.2 Å². The first kappa shape index (κ1) is 30.9. The number of aromatic nitrogens is 1. The quantitative estimate of drug-likeness (QED) is 0.226. The van der Waals surface area contributed by atoms with E-state index >= 15 is 0 Å². The number of hydrogen-bond donors (Lipinski definition) is 5. The fourth-order valence-corrected chi connectivity index (χ4v) is 5.43. The van der Waals surface area contributed by atoms with Crippen LogP contribution in [0.25, 0.3) is 28.5 Å². The molecule has 0 unspecified atom stereocenters. The van der Waals surface area contributed by atoms with Gasteiger partial charge in [-0.3, -0.25) is 9.78 Å². The summed E-state index contributed by atoms with van der Waals surface area (Å²) in [5.74, 6) is -1.49. The van der Waals surface area contributed by atoms with Crippen LogP contribution in [0.3, 0.4) is 0 Å². The highest BCUT2D eigenvalue weighted by molar-refractivity contribution is 5.86. The monoisotopic (exact) mass is 575 g/mol. The average molecular weight is 576 g/mol. The molecular formula is C33H38FN3O5. The van der Waals surface area contributed by atoms with Gasteiger partial charge in [0, 0.05) is 31.1 Å². The Morgan fingerprint density at radius 3 is 2.50 bits per heavy atom. The van der Waals surface area contributed by atoms with Crippen molar-refractivity contribution in [3.05, 3.63) is 82.3 Å². The molecule has 9 heteroatoms. The van der Waals surface area contributed by atoms with Gasteiger partial charge in [-0.1, -0.05) is 50.3 Å². The molecule has 0 fully saturated rings. The molecule has 5 N–H and O–H groups in total. The van der Waals surface area contributed by atoms with Crippen LogP contribution in [0, 0.1) is 5.82 Å². The number of aliphatic hydroxyl groups excluding tert-OH is 2. The number of halogens is 1. The number of carbonyl (C=O) groups is 2. The van der Waals surface area contributed by atoms with Gasteiger partial charge < -0.3 is 26.0 Å². The Morgan fingerprint density at radius 1 is 1.10 bits per heavy atom. The largest absolute Gasteiger partial charge is 0.481 e. The van der Waals surface area contributed by atoms with Crippen molar-refractivity contribution >= 4 is 18.1 Å². The van der Waals surface area contributed by atoms with Crippen LogP contribution in [-0.4, -0.2) is 51.6 Å². The van der Waals surface area contributed by atoms with Gasteiger partial charge in [0.1, 0.15) is 5.82 Å². The SMILES string of the molecule is CNC(=O)NCc1ccc2c(c1)-c1nc(C(C)C)c(/C=C/[C@@H](O)C[C@@H](O)CC(=O)O)c(-c3ccc(F)cc3)c1CCC2. The second-order valence-corrected chi connectivity index (χ2v) is 11.0. The third-order valence-electron chi connectivity index (χ3n) is 7.44. The van der Waals surface area contributed by atoms with Crippen LogP contribution in [0.4, 0.5) is 9.18 Å². The van der Waals surface area contributed by atoms with Gasteiger partial charge in [0.05, 0.1) is 30.0 Å². The van der Waals surface area contributed by atoms with Crippen molar-refractivity contribution in [3.8, 4) is 22.4 Å². The minimum absolute atomic E-state index is 0.00584. The molecule has 0 spiro atoms. The Balaban J connectivity index is 1.89. The molecule has 2 aromatic carbocycles. The lowest BCUT2D eigenvalue weighted by Crippen LogP contribution is -2.32. The Labute approximate surface area is 245 Å². The zero-order valence-electron chi connectivity index (χ0n) is 24.2. The summed E-state index contributed by atoms with van der Waals surface area (Å²) >= 11 is 0. The minimum atomic E-state index is -1.18. The van der Waals surface area contributed by atoms with Crippen LogP contribution < -0.4 is 10.6 Å². The maximum absolute atomic E-state index is 14.0. The number of rotatable bonds is 10. The second-order valence-electron chi connectivity index (χ2n) is 11.0. The highest BCUT2D eigenvalue weighted by Crippen LogP contribution is 2.42. The fourth-order valence-electron chi connectivity index (χ4n) is 5.43. The first-order chi connectivity index (χ1) is 20.1. The van der Waals surface area contributed by atoms with E-state index < -0.39 is 24.6 Å². The molecule has 0 radical (unpaired) electrons. The van der Waals surface area contributed by atoms with Gasteiger partial charge >= 0.3 is 12.0 Å². The standard InChI is InChI=1S/C33H38FN3O5/c1-19(2)31-27(14-13-24(38)16-25(39)17-29(40)41)30(22-9-11-23(34)12-10-22)26-6-4-5-21-8-7-20(18-36-33(42)35-3)15-28(21)32(26)37-31/h7-15,19,24-25,38-39H,4-6,16-18H2,1-3H3,(H,40,41)(H2,35,36,42)/b14-13+/t24-,25-/m1/s1. The van der Waals surface area contributed by atoms with E-state index in [-0.39, 0.29) is 24.2 Å². The number of hydrogen-bond acceptors (Lipinski definition) is 5. The highest BCUT2D eigenvalue weighted by Gasteiger charge is 2.26. The van der Waals surface area contributed by atoms with Crippen molar-refractivity contribution in [2.24, 2.45) is 0 Å². The van der Waals surface area contributed by atoms with Crippen molar-refractivity contribution < 1.29 is 29.3 Å². The molecular weight excluding hydrogens is 537 g/mol. The van der Waals surface area contributed by atoms with E-state index in [1.165, 1.54) is 12.1 Å². The lowest BCUT2D eigenvalue weighted by molar-refractivity contribution is -0.139. The number of aliphatic hydroxyl groups is 2. The number of urea groups is 1. The number of amides is 2. The molecule has 1 aromatic heterocycles. The van der Waals surface area contributed by atoms with Gasteiger partial charge in [-0.25, -0.2) is 9.18 Å². The molecule has 8 nitrogen and oxygen atoms in total. The predicted molar refractivity (Wildman–Crippen MR) is 160 cm³/mol.